The standard InChI is InChI=1S/C9H17NO2S/c1-13-6-4-9(12)10-5-2-3-8(10)7-11/h8,11H,2-7H2,1H3/t8-/m0/s1. The zero-order chi connectivity index (χ0) is 9.68. The number of aliphatic hydroxyl groups is 1. The second kappa shape index (κ2) is 5.50. The van der Waals surface area contributed by atoms with Crippen LogP contribution in [-0.4, -0.2) is 47.1 Å². The lowest BCUT2D eigenvalue weighted by atomic mass is 10.2. The third kappa shape index (κ3) is 2.88. The van der Waals surface area contributed by atoms with E-state index in [1.54, 1.807) is 11.8 Å². The van der Waals surface area contributed by atoms with Gasteiger partial charge in [0.2, 0.25) is 5.91 Å². The lowest BCUT2D eigenvalue weighted by molar-refractivity contribution is -0.132. The summed E-state index contributed by atoms with van der Waals surface area (Å²) in [6.07, 6.45) is 4.61. The fraction of sp³-hybridized carbons (Fsp3) is 0.889. The van der Waals surface area contributed by atoms with E-state index in [4.69, 9.17) is 5.11 Å². The highest BCUT2D eigenvalue weighted by molar-refractivity contribution is 7.98. The Morgan fingerprint density at radius 2 is 2.46 bits per heavy atom. The van der Waals surface area contributed by atoms with Crippen LogP contribution in [0.3, 0.4) is 0 Å². The summed E-state index contributed by atoms with van der Waals surface area (Å²) in [5.74, 6) is 1.08. The molecule has 0 aliphatic carbocycles. The van der Waals surface area contributed by atoms with Crippen molar-refractivity contribution in [1.29, 1.82) is 0 Å². The third-order valence-electron chi connectivity index (χ3n) is 2.43. The van der Waals surface area contributed by atoms with Crippen molar-refractivity contribution in [1.82, 2.24) is 4.90 Å². The minimum atomic E-state index is 0.0920. The molecule has 4 heteroatoms. The van der Waals surface area contributed by atoms with E-state index in [-0.39, 0.29) is 18.6 Å². The molecule has 1 amide bonds. The van der Waals surface area contributed by atoms with Gasteiger partial charge in [0.25, 0.3) is 0 Å². The summed E-state index contributed by atoms with van der Waals surface area (Å²) >= 11 is 1.69. The molecule has 1 saturated heterocycles. The Morgan fingerprint density at radius 1 is 1.69 bits per heavy atom. The van der Waals surface area contributed by atoms with Gasteiger partial charge in [-0.25, -0.2) is 0 Å². The second-order valence-electron chi connectivity index (χ2n) is 3.31. The normalized spacial score (nSPS) is 22.3. The summed E-state index contributed by atoms with van der Waals surface area (Å²) < 4.78 is 0. The van der Waals surface area contributed by atoms with Crippen LogP contribution in [-0.2, 0) is 4.79 Å². The first-order chi connectivity index (χ1) is 6.29. The van der Waals surface area contributed by atoms with Crippen LogP contribution in [0.4, 0.5) is 0 Å². The minimum Gasteiger partial charge on any atom is -0.394 e. The van der Waals surface area contributed by atoms with E-state index in [0.29, 0.717) is 6.42 Å². The summed E-state index contributed by atoms with van der Waals surface area (Å²) in [7, 11) is 0. The van der Waals surface area contributed by atoms with Gasteiger partial charge in [-0.15, -0.1) is 0 Å². The first-order valence-corrected chi connectivity index (χ1v) is 6.08. The monoisotopic (exact) mass is 203 g/mol. The number of likely N-dealkylation sites (tertiary alicyclic amines) is 1. The quantitative estimate of drug-likeness (QED) is 0.732. The van der Waals surface area contributed by atoms with Gasteiger partial charge in [0, 0.05) is 18.7 Å². The van der Waals surface area contributed by atoms with Crippen molar-refractivity contribution in [3.05, 3.63) is 0 Å². The number of carbonyl (C=O) groups is 1. The predicted molar refractivity (Wildman–Crippen MR) is 54.8 cm³/mol. The molecule has 0 unspecified atom stereocenters. The molecule has 1 N–H and O–H groups in total. The van der Waals surface area contributed by atoms with Crippen LogP contribution < -0.4 is 0 Å². The lowest BCUT2D eigenvalue weighted by Gasteiger charge is -2.22. The van der Waals surface area contributed by atoms with Crippen LogP contribution >= 0.6 is 11.8 Å². The Morgan fingerprint density at radius 3 is 3.08 bits per heavy atom. The molecule has 1 atom stereocenters. The summed E-state index contributed by atoms with van der Waals surface area (Å²) in [5.41, 5.74) is 0. The van der Waals surface area contributed by atoms with Gasteiger partial charge in [-0.2, -0.15) is 11.8 Å². The number of hydrogen-bond donors (Lipinski definition) is 1. The van der Waals surface area contributed by atoms with Crippen LogP contribution in [0.1, 0.15) is 19.3 Å². The molecule has 0 bridgehead atoms. The zero-order valence-electron chi connectivity index (χ0n) is 8.03. The van der Waals surface area contributed by atoms with Crippen molar-refractivity contribution in [3.8, 4) is 0 Å². The molecule has 0 aromatic rings. The Labute approximate surface area is 83.5 Å². The maximum absolute atomic E-state index is 11.6. The zero-order valence-corrected chi connectivity index (χ0v) is 8.85. The van der Waals surface area contributed by atoms with Crippen molar-refractivity contribution in [2.24, 2.45) is 0 Å². The van der Waals surface area contributed by atoms with Crippen LogP contribution in [0, 0.1) is 0 Å². The number of hydrogen-bond acceptors (Lipinski definition) is 3. The third-order valence-corrected chi connectivity index (χ3v) is 3.04. The minimum absolute atomic E-state index is 0.0920. The van der Waals surface area contributed by atoms with Crippen LogP contribution in [0.5, 0.6) is 0 Å². The molecule has 0 spiro atoms. The molecule has 1 aliphatic rings. The van der Waals surface area contributed by atoms with Crippen LogP contribution in [0.15, 0.2) is 0 Å². The summed E-state index contributed by atoms with van der Waals surface area (Å²) in [4.78, 5) is 13.4. The fourth-order valence-corrected chi connectivity index (χ4v) is 2.07. The average molecular weight is 203 g/mol. The highest BCUT2D eigenvalue weighted by Crippen LogP contribution is 2.17. The largest absolute Gasteiger partial charge is 0.394 e. The molecule has 0 aromatic carbocycles. The number of thioether (sulfide) groups is 1. The summed E-state index contributed by atoms with van der Waals surface area (Å²) in [6.45, 7) is 0.948. The topological polar surface area (TPSA) is 40.5 Å². The van der Waals surface area contributed by atoms with Gasteiger partial charge < -0.3 is 10.0 Å². The summed E-state index contributed by atoms with van der Waals surface area (Å²) in [6, 6.07) is 0.0920. The molecular weight excluding hydrogens is 186 g/mol. The van der Waals surface area contributed by atoms with E-state index in [9.17, 15) is 4.79 Å². The van der Waals surface area contributed by atoms with E-state index in [2.05, 4.69) is 0 Å². The molecule has 0 radical (unpaired) electrons. The summed E-state index contributed by atoms with van der Waals surface area (Å²) in [5, 5.41) is 9.01. The van der Waals surface area contributed by atoms with Gasteiger partial charge in [0.05, 0.1) is 12.6 Å². The lowest BCUT2D eigenvalue weighted by Crippen LogP contribution is -2.37. The van der Waals surface area contributed by atoms with Gasteiger partial charge >= 0.3 is 0 Å². The molecule has 3 nitrogen and oxygen atoms in total. The van der Waals surface area contributed by atoms with Crippen LogP contribution in [0.25, 0.3) is 0 Å². The van der Waals surface area contributed by atoms with Crippen molar-refractivity contribution in [2.45, 2.75) is 25.3 Å². The van der Waals surface area contributed by atoms with Crippen molar-refractivity contribution < 1.29 is 9.90 Å². The number of carbonyl (C=O) groups excluding carboxylic acids is 1. The first kappa shape index (κ1) is 10.9. The highest BCUT2D eigenvalue weighted by atomic mass is 32.2. The molecule has 1 aliphatic heterocycles. The number of nitrogens with zero attached hydrogens (tertiary/aromatic N) is 1. The number of rotatable bonds is 4. The van der Waals surface area contributed by atoms with Crippen molar-refractivity contribution in [3.63, 3.8) is 0 Å². The van der Waals surface area contributed by atoms with Gasteiger partial charge in [0.15, 0.2) is 0 Å². The number of amides is 1. The predicted octanol–water partition coefficient (Wildman–Crippen LogP) is 0.723. The molecular formula is C9H17NO2S. The Balaban J connectivity index is 2.36. The highest BCUT2D eigenvalue weighted by Gasteiger charge is 2.27. The molecule has 13 heavy (non-hydrogen) atoms. The molecule has 1 fully saturated rings. The maximum Gasteiger partial charge on any atom is 0.223 e. The maximum atomic E-state index is 11.6. The van der Waals surface area contributed by atoms with Crippen molar-refractivity contribution in [2.75, 3.05) is 25.2 Å². The Kier molecular flexibility index (Phi) is 4.59. The second-order valence-corrected chi connectivity index (χ2v) is 4.29. The molecule has 0 saturated carbocycles. The van der Waals surface area contributed by atoms with Gasteiger partial charge in [-0.1, -0.05) is 0 Å². The number of aliphatic hydroxyl groups excluding tert-OH is 1. The average Bonchev–Trinajstić information content (AvgIpc) is 2.61. The van der Waals surface area contributed by atoms with Crippen molar-refractivity contribution >= 4 is 17.7 Å². The molecule has 0 aromatic heterocycles. The van der Waals surface area contributed by atoms with Crippen LogP contribution in [0.2, 0.25) is 0 Å². The smallest absolute Gasteiger partial charge is 0.223 e. The fourth-order valence-electron chi connectivity index (χ4n) is 1.69. The van der Waals surface area contributed by atoms with Gasteiger partial charge in [0.1, 0.15) is 0 Å². The SMILES string of the molecule is CSCCC(=O)N1CCC[C@H]1CO. The molecule has 1 rings (SSSR count). The van der Waals surface area contributed by atoms with E-state index in [1.165, 1.54) is 0 Å². The Hall–Kier alpha value is -0.220. The van der Waals surface area contributed by atoms with E-state index in [1.807, 2.05) is 11.2 Å². The molecule has 76 valence electrons. The molecule has 1 heterocycles. The Bertz CT molecular complexity index is 175. The van der Waals surface area contributed by atoms with E-state index >= 15 is 0 Å². The van der Waals surface area contributed by atoms with E-state index in [0.717, 1.165) is 25.1 Å². The van der Waals surface area contributed by atoms with Gasteiger partial charge in [-0.05, 0) is 19.1 Å². The van der Waals surface area contributed by atoms with Gasteiger partial charge in [-0.3, -0.25) is 4.79 Å². The first-order valence-electron chi connectivity index (χ1n) is 4.69. The van der Waals surface area contributed by atoms with E-state index < -0.39 is 0 Å².